The van der Waals surface area contributed by atoms with Gasteiger partial charge in [0, 0.05) is 13.0 Å². The molecule has 0 fully saturated rings. The first-order chi connectivity index (χ1) is 9.74. The number of hydrogen-bond donors (Lipinski definition) is 1. The molecule has 0 rings (SSSR count). The second kappa shape index (κ2) is 14.8. The maximum Gasteiger partial charge on any atom is 0.155 e. The third-order valence-corrected chi connectivity index (χ3v) is 3.90. The molecule has 0 radical (unpaired) electrons. The molecule has 0 aliphatic carbocycles. The molecule has 0 aromatic carbocycles. The van der Waals surface area contributed by atoms with Crippen molar-refractivity contribution in [3.8, 4) is 0 Å². The standard InChI is InChI=1S/C18H34O2/c1-3-5-6-7-8-9-10-14-18(20)15-12-11-13-17(4-2)16-19/h10,14,17,19H,3-9,11-13,15-16H2,1-2H3. The molecule has 0 amide bonds. The Kier molecular flexibility index (Phi) is 14.3. The van der Waals surface area contributed by atoms with Crippen molar-refractivity contribution >= 4 is 5.78 Å². The minimum atomic E-state index is 0.260. The van der Waals surface area contributed by atoms with Gasteiger partial charge in [-0.25, -0.2) is 0 Å². The summed E-state index contributed by atoms with van der Waals surface area (Å²) >= 11 is 0. The van der Waals surface area contributed by atoms with Gasteiger partial charge in [0.2, 0.25) is 0 Å². The SMILES string of the molecule is CCCCCCCC=CC(=O)CCCCC(CC)CO. The van der Waals surface area contributed by atoms with E-state index in [4.69, 9.17) is 5.11 Å². The number of ketones is 1. The van der Waals surface area contributed by atoms with Gasteiger partial charge in [0.25, 0.3) is 0 Å². The number of carbonyl (C=O) groups excluding carboxylic acids is 1. The van der Waals surface area contributed by atoms with Crippen LogP contribution in [0.25, 0.3) is 0 Å². The lowest BCUT2D eigenvalue weighted by atomic mass is 9.99. The molecule has 0 saturated carbocycles. The molecular formula is C18H34O2. The Morgan fingerprint density at radius 1 is 1.05 bits per heavy atom. The Morgan fingerprint density at radius 3 is 2.45 bits per heavy atom. The predicted octanol–water partition coefficient (Wildman–Crippen LogP) is 5.05. The van der Waals surface area contributed by atoms with Gasteiger partial charge in [-0.1, -0.05) is 58.4 Å². The third kappa shape index (κ3) is 12.4. The Labute approximate surface area is 125 Å². The molecule has 118 valence electrons. The van der Waals surface area contributed by atoms with Gasteiger partial charge in [-0.2, -0.15) is 0 Å². The van der Waals surface area contributed by atoms with Crippen LogP contribution in [0.2, 0.25) is 0 Å². The van der Waals surface area contributed by atoms with Crippen LogP contribution in [0.15, 0.2) is 12.2 Å². The molecule has 0 aliphatic rings. The van der Waals surface area contributed by atoms with Crippen LogP contribution in [0.5, 0.6) is 0 Å². The average Bonchev–Trinajstić information content (AvgIpc) is 2.46. The Balaban J connectivity index is 3.44. The topological polar surface area (TPSA) is 37.3 Å². The van der Waals surface area contributed by atoms with Crippen molar-refractivity contribution in [2.24, 2.45) is 5.92 Å². The first-order valence-corrected chi connectivity index (χ1v) is 8.54. The Bertz CT molecular complexity index is 242. The summed E-state index contributed by atoms with van der Waals surface area (Å²) < 4.78 is 0. The molecule has 20 heavy (non-hydrogen) atoms. The molecule has 2 heteroatoms. The highest BCUT2D eigenvalue weighted by Crippen LogP contribution is 2.13. The van der Waals surface area contributed by atoms with Crippen LogP contribution in [0.4, 0.5) is 0 Å². The van der Waals surface area contributed by atoms with Gasteiger partial charge < -0.3 is 5.11 Å². The molecular weight excluding hydrogens is 248 g/mol. The van der Waals surface area contributed by atoms with Crippen LogP contribution in [0.1, 0.15) is 84.5 Å². The number of rotatable bonds is 14. The van der Waals surface area contributed by atoms with Crippen molar-refractivity contribution in [2.75, 3.05) is 6.61 Å². The summed E-state index contributed by atoms with van der Waals surface area (Å²) in [7, 11) is 0. The van der Waals surface area contributed by atoms with Crippen LogP contribution in [0.3, 0.4) is 0 Å². The second-order valence-corrected chi connectivity index (χ2v) is 5.77. The largest absolute Gasteiger partial charge is 0.396 e. The van der Waals surface area contributed by atoms with E-state index in [0.717, 1.165) is 32.1 Å². The monoisotopic (exact) mass is 282 g/mol. The molecule has 1 unspecified atom stereocenters. The number of unbranched alkanes of at least 4 members (excludes halogenated alkanes) is 6. The zero-order chi connectivity index (χ0) is 15.1. The smallest absolute Gasteiger partial charge is 0.155 e. The highest BCUT2D eigenvalue weighted by atomic mass is 16.3. The fourth-order valence-corrected chi connectivity index (χ4v) is 2.32. The number of aliphatic hydroxyl groups is 1. The summed E-state index contributed by atoms with van der Waals surface area (Å²) in [6, 6.07) is 0. The highest BCUT2D eigenvalue weighted by Gasteiger charge is 2.04. The summed E-state index contributed by atoms with van der Waals surface area (Å²) in [5.74, 6) is 0.680. The van der Waals surface area contributed by atoms with Crippen molar-refractivity contribution in [2.45, 2.75) is 84.5 Å². The van der Waals surface area contributed by atoms with Crippen LogP contribution >= 0.6 is 0 Å². The average molecular weight is 282 g/mol. The van der Waals surface area contributed by atoms with Crippen LogP contribution in [-0.4, -0.2) is 17.5 Å². The first-order valence-electron chi connectivity index (χ1n) is 8.54. The summed E-state index contributed by atoms with van der Waals surface area (Å²) in [5, 5.41) is 9.08. The Morgan fingerprint density at radius 2 is 1.80 bits per heavy atom. The van der Waals surface area contributed by atoms with E-state index in [2.05, 4.69) is 13.8 Å². The van der Waals surface area contributed by atoms with Gasteiger partial charge in [0.15, 0.2) is 5.78 Å². The second-order valence-electron chi connectivity index (χ2n) is 5.77. The van der Waals surface area contributed by atoms with E-state index in [0.29, 0.717) is 12.3 Å². The van der Waals surface area contributed by atoms with Crippen molar-refractivity contribution in [1.29, 1.82) is 0 Å². The minimum Gasteiger partial charge on any atom is -0.396 e. The van der Waals surface area contributed by atoms with E-state index in [1.54, 1.807) is 6.08 Å². The fourth-order valence-electron chi connectivity index (χ4n) is 2.32. The number of hydrogen-bond acceptors (Lipinski definition) is 2. The van der Waals surface area contributed by atoms with E-state index in [-0.39, 0.29) is 12.4 Å². The number of allylic oxidation sites excluding steroid dienone is 2. The van der Waals surface area contributed by atoms with Gasteiger partial charge in [0.05, 0.1) is 0 Å². The first kappa shape index (κ1) is 19.4. The Hall–Kier alpha value is -0.630. The van der Waals surface area contributed by atoms with Crippen molar-refractivity contribution < 1.29 is 9.90 Å². The molecule has 0 heterocycles. The summed E-state index contributed by atoms with van der Waals surface area (Å²) in [4.78, 5) is 11.6. The lowest BCUT2D eigenvalue weighted by Gasteiger charge is -2.09. The lowest BCUT2D eigenvalue weighted by Crippen LogP contribution is -2.04. The predicted molar refractivity (Wildman–Crippen MR) is 86.9 cm³/mol. The van der Waals surface area contributed by atoms with E-state index in [9.17, 15) is 4.79 Å². The van der Waals surface area contributed by atoms with Gasteiger partial charge in [-0.3, -0.25) is 4.79 Å². The zero-order valence-electron chi connectivity index (χ0n) is 13.6. The third-order valence-electron chi connectivity index (χ3n) is 3.90. The quantitative estimate of drug-likeness (QED) is 0.357. The molecule has 0 bridgehead atoms. The summed E-state index contributed by atoms with van der Waals surface area (Å²) in [5.41, 5.74) is 0. The van der Waals surface area contributed by atoms with Gasteiger partial charge in [-0.15, -0.1) is 0 Å². The van der Waals surface area contributed by atoms with E-state index in [1.165, 1.54) is 32.1 Å². The normalized spacial score (nSPS) is 12.9. The maximum atomic E-state index is 11.6. The lowest BCUT2D eigenvalue weighted by molar-refractivity contribution is -0.114. The van der Waals surface area contributed by atoms with Crippen molar-refractivity contribution in [3.05, 3.63) is 12.2 Å². The molecule has 1 atom stereocenters. The fraction of sp³-hybridized carbons (Fsp3) is 0.833. The molecule has 2 nitrogen and oxygen atoms in total. The summed E-state index contributed by atoms with van der Waals surface area (Å²) in [6.45, 7) is 4.61. The van der Waals surface area contributed by atoms with Crippen LogP contribution < -0.4 is 0 Å². The van der Waals surface area contributed by atoms with Crippen molar-refractivity contribution in [1.82, 2.24) is 0 Å². The molecule has 0 aromatic rings. The zero-order valence-corrected chi connectivity index (χ0v) is 13.6. The van der Waals surface area contributed by atoms with E-state index in [1.807, 2.05) is 6.08 Å². The minimum absolute atomic E-state index is 0.260. The molecule has 0 spiro atoms. The highest BCUT2D eigenvalue weighted by molar-refractivity contribution is 5.89. The van der Waals surface area contributed by atoms with Gasteiger partial charge >= 0.3 is 0 Å². The molecule has 1 N–H and O–H groups in total. The maximum absolute atomic E-state index is 11.6. The van der Waals surface area contributed by atoms with Crippen LogP contribution in [0, 0.1) is 5.92 Å². The van der Waals surface area contributed by atoms with Gasteiger partial charge in [0.1, 0.15) is 0 Å². The van der Waals surface area contributed by atoms with Crippen molar-refractivity contribution in [3.63, 3.8) is 0 Å². The van der Waals surface area contributed by atoms with Gasteiger partial charge in [-0.05, 0) is 37.7 Å². The van der Waals surface area contributed by atoms with E-state index < -0.39 is 0 Å². The van der Waals surface area contributed by atoms with Crippen LogP contribution in [-0.2, 0) is 4.79 Å². The number of aliphatic hydroxyl groups excluding tert-OH is 1. The molecule has 0 aliphatic heterocycles. The molecule has 0 saturated heterocycles. The van der Waals surface area contributed by atoms with E-state index >= 15 is 0 Å². The summed E-state index contributed by atoms with van der Waals surface area (Å²) in [6.07, 6.45) is 16.0. The number of carbonyl (C=O) groups is 1. The molecule has 0 aromatic heterocycles.